The van der Waals surface area contributed by atoms with E-state index in [1.54, 1.807) is 0 Å². The molecule has 2 saturated carbocycles. The van der Waals surface area contributed by atoms with Gasteiger partial charge in [0.2, 0.25) is 11.8 Å². The first-order valence-electron chi connectivity index (χ1n) is 20.3. The maximum Gasteiger partial charge on any atom is 0.407 e. The lowest BCUT2D eigenvalue weighted by atomic mass is 10.00. The number of rotatable bonds is 11. The molecule has 0 bridgehead atoms. The number of aromatic nitrogens is 4. The van der Waals surface area contributed by atoms with Gasteiger partial charge in [-0.05, 0) is 70.6 Å². The van der Waals surface area contributed by atoms with Gasteiger partial charge in [-0.3, -0.25) is 9.59 Å². The summed E-state index contributed by atoms with van der Waals surface area (Å²) in [6.45, 7) is 12.1. The van der Waals surface area contributed by atoms with Crippen LogP contribution in [0.2, 0.25) is 0 Å². The molecule has 2 aromatic heterocycles. The van der Waals surface area contributed by atoms with Crippen molar-refractivity contribution in [3.8, 4) is 33.6 Å². The van der Waals surface area contributed by atoms with Crippen molar-refractivity contribution in [1.29, 1.82) is 0 Å². The SMILES string of the molecule is COC(=O)N[C@H](C(=O)N1C2C[C@@]2(C)C[C@H]1c1ncc(-c2ccc(-c3ccc(-c4cnc([C@@H]5C[C@]6(C)CC6N5C(=O)[C@@H](NC(=O)OC)C(C)C)[nH]4)cc3)cc2)[nH]1)C(C)C. The van der Waals surface area contributed by atoms with Crippen molar-refractivity contribution < 1.29 is 28.7 Å². The monoisotopic (exact) mass is 790 g/mol. The Balaban J connectivity index is 0.947. The number of hydrogen-bond donors (Lipinski definition) is 4. The molecule has 4 aliphatic rings. The predicted molar refractivity (Wildman–Crippen MR) is 217 cm³/mol. The molecule has 14 heteroatoms. The molecule has 4 aromatic rings. The second-order valence-electron chi connectivity index (χ2n) is 17.9. The molecule has 4 heterocycles. The highest BCUT2D eigenvalue weighted by Crippen LogP contribution is 2.64. The van der Waals surface area contributed by atoms with Crippen molar-refractivity contribution in [2.45, 2.75) is 103 Å². The predicted octanol–water partition coefficient (Wildman–Crippen LogP) is 7.00. The van der Waals surface area contributed by atoms with Crippen LogP contribution in [0.1, 0.15) is 91.0 Å². The maximum atomic E-state index is 13.9. The number of alkyl carbamates (subject to hydrolysis) is 2. The number of carbonyl (C=O) groups is 4. The van der Waals surface area contributed by atoms with E-state index in [0.717, 1.165) is 71.0 Å². The van der Waals surface area contributed by atoms with Crippen LogP contribution in [-0.4, -0.2) is 92.1 Å². The van der Waals surface area contributed by atoms with Crippen LogP contribution in [0.5, 0.6) is 0 Å². The zero-order valence-corrected chi connectivity index (χ0v) is 34.5. The van der Waals surface area contributed by atoms with Gasteiger partial charge in [0.25, 0.3) is 0 Å². The molecule has 306 valence electrons. The summed E-state index contributed by atoms with van der Waals surface area (Å²) in [5, 5.41) is 5.49. The van der Waals surface area contributed by atoms with E-state index in [1.165, 1.54) is 14.2 Å². The van der Waals surface area contributed by atoms with Gasteiger partial charge in [-0.1, -0.05) is 90.1 Å². The highest BCUT2D eigenvalue weighted by molar-refractivity contribution is 5.88. The van der Waals surface area contributed by atoms with Crippen LogP contribution in [0.15, 0.2) is 60.9 Å². The average Bonchev–Trinajstić information content (AvgIpc) is 3.65. The van der Waals surface area contributed by atoms with E-state index in [0.29, 0.717) is 0 Å². The standard InChI is InChI=1S/C44H54N8O6/c1-23(2)35(49-41(55)57-7)39(53)51-31(17-43(5)19-33(43)51)37-45-21-29(47-37)27-13-9-25(10-14-27)26-11-15-28(16-12-26)30-22-46-38(48-30)32-18-44(6)20-34(44)52(32)40(54)36(24(3)4)50-42(56)58-8/h9-16,21-24,31-36H,17-20H2,1-8H3,(H,45,47)(H,46,48)(H,49,55)(H,50,56)/t31-,32-,33?,34?,35-,36-,43+,44+/m0/s1. The zero-order chi connectivity index (χ0) is 41.3. The van der Waals surface area contributed by atoms with Crippen LogP contribution in [0, 0.1) is 22.7 Å². The number of amides is 4. The number of nitrogens with zero attached hydrogens (tertiary/aromatic N) is 4. The van der Waals surface area contributed by atoms with E-state index in [4.69, 9.17) is 19.4 Å². The Bertz CT molecular complexity index is 2060. The van der Waals surface area contributed by atoms with Gasteiger partial charge in [-0.15, -0.1) is 0 Å². The Hall–Kier alpha value is -5.66. The minimum Gasteiger partial charge on any atom is -0.453 e. The molecule has 58 heavy (non-hydrogen) atoms. The highest BCUT2D eigenvalue weighted by Gasteiger charge is 2.65. The third-order valence-corrected chi connectivity index (χ3v) is 13.1. The van der Waals surface area contributed by atoms with Crippen molar-refractivity contribution in [2.75, 3.05) is 14.2 Å². The van der Waals surface area contributed by atoms with Crippen LogP contribution >= 0.6 is 0 Å². The Morgan fingerprint density at radius 2 is 0.966 bits per heavy atom. The second kappa shape index (κ2) is 14.6. The minimum absolute atomic E-state index is 0.0379. The smallest absolute Gasteiger partial charge is 0.407 e. The molecule has 8 rings (SSSR count). The Morgan fingerprint density at radius 1 is 0.621 bits per heavy atom. The number of nitrogens with one attached hydrogen (secondary N) is 4. The molecule has 8 atom stereocenters. The van der Waals surface area contributed by atoms with Gasteiger partial charge >= 0.3 is 12.2 Å². The lowest BCUT2D eigenvalue weighted by Gasteiger charge is -2.31. The topological polar surface area (TPSA) is 175 Å². The summed E-state index contributed by atoms with van der Waals surface area (Å²) in [4.78, 5) is 72.4. The van der Waals surface area contributed by atoms with Crippen molar-refractivity contribution >= 4 is 24.0 Å². The third-order valence-electron chi connectivity index (χ3n) is 13.1. The average molecular weight is 791 g/mol. The molecule has 0 spiro atoms. The number of benzene rings is 2. The first kappa shape index (κ1) is 39.2. The molecule has 2 unspecified atom stereocenters. The Kier molecular flexibility index (Phi) is 9.87. The van der Waals surface area contributed by atoms with Gasteiger partial charge in [-0.25, -0.2) is 19.6 Å². The third kappa shape index (κ3) is 7.00. The van der Waals surface area contributed by atoms with Crippen LogP contribution in [0.3, 0.4) is 0 Å². The fourth-order valence-electron chi connectivity index (χ4n) is 9.37. The van der Waals surface area contributed by atoms with Crippen LogP contribution in [0.25, 0.3) is 33.6 Å². The molecule has 2 aromatic carbocycles. The first-order valence-corrected chi connectivity index (χ1v) is 20.3. The number of methoxy groups -OCH3 is 2. The molecule has 4 fully saturated rings. The number of H-pyrrole nitrogens is 2. The summed E-state index contributed by atoms with van der Waals surface area (Å²) in [7, 11) is 2.60. The zero-order valence-electron chi connectivity index (χ0n) is 34.5. The van der Waals surface area contributed by atoms with E-state index in [9.17, 15) is 19.2 Å². The molecular formula is C44H54N8O6. The van der Waals surface area contributed by atoms with E-state index in [-0.39, 0.29) is 58.6 Å². The second-order valence-corrected chi connectivity index (χ2v) is 17.9. The van der Waals surface area contributed by atoms with Crippen molar-refractivity contribution in [1.82, 2.24) is 40.4 Å². The largest absolute Gasteiger partial charge is 0.453 e. The van der Waals surface area contributed by atoms with Crippen LogP contribution < -0.4 is 10.6 Å². The number of piperidine rings is 2. The summed E-state index contributed by atoms with van der Waals surface area (Å²) < 4.78 is 9.63. The Morgan fingerprint density at radius 3 is 1.29 bits per heavy atom. The Labute approximate surface area is 338 Å². The molecule has 4 N–H and O–H groups in total. The van der Waals surface area contributed by atoms with Gasteiger partial charge in [0.15, 0.2) is 0 Å². The molecule has 14 nitrogen and oxygen atoms in total. The minimum atomic E-state index is -0.693. The van der Waals surface area contributed by atoms with Crippen LogP contribution in [0.4, 0.5) is 9.59 Å². The number of fused-ring (bicyclic) bond motifs is 2. The fourth-order valence-corrected chi connectivity index (χ4v) is 9.37. The molecule has 2 aliphatic heterocycles. The first-order chi connectivity index (χ1) is 27.6. The fraction of sp³-hybridized carbons (Fsp3) is 0.500. The summed E-state index contributed by atoms with van der Waals surface area (Å²) >= 11 is 0. The van der Waals surface area contributed by atoms with E-state index in [2.05, 4.69) is 83.0 Å². The van der Waals surface area contributed by atoms with E-state index >= 15 is 0 Å². The maximum absolute atomic E-state index is 13.9. The molecule has 4 amide bonds. The van der Waals surface area contributed by atoms with Crippen molar-refractivity contribution in [3.05, 3.63) is 72.6 Å². The number of aromatic amines is 2. The van der Waals surface area contributed by atoms with Crippen molar-refractivity contribution in [2.24, 2.45) is 22.7 Å². The van der Waals surface area contributed by atoms with E-state index < -0.39 is 24.3 Å². The number of hydrogen-bond acceptors (Lipinski definition) is 8. The normalized spacial score (nSPS) is 26.5. The summed E-state index contributed by atoms with van der Waals surface area (Å²) in [6.07, 6.45) is 5.91. The quantitative estimate of drug-likeness (QED) is 0.126. The number of ether oxygens (including phenoxy) is 2. The van der Waals surface area contributed by atoms with Gasteiger partial charge < -0.3 is 39.9 Å². The van der Waals surface area contributed by atoms with Gasteiger partial charge in [0.05, 0.1) is 50.1 Å². The summed E-state index contributed by atoms with van der Waals surface area (Å²) in [6, 6.07) is 15.0. The van der Waals surface area contributed by atoms with E-state index in [1.807, 2.05) is 49.9 Å². The number of likely N-dealkylation sites (tertiary alicyclic amines) is 2. The lowest BCUT2D eigenvalue weighted by molar-refractivity contribution is -0.137. The van der Waals surface area contributed by atoms with Gasteiger partial charge in [-0.2, -0.15) is 0 Å². The summed E-state index contributed by atoms with van der Waals surface area (Å²) in [5.41, 5.74) is 5.90. The number of carbonyl (C=O) groups excluding carboxylic acids is 4. The molecule has 0 radical (unpaired) electrons. The lowest BCUT2D eigenvalue weighted by Crippen LogP contribution is -2.52. The molecular weight excluding hydrogens is 737 g/mol. The number of imidazole rings is 2. The highest BCUT2D eigenvalue weighted by atomic mass is 16.5. The molecule has 2 saturated heterocycles. The van der Waals surface area contributed by atoms with Crippen molar-refractivity contribution in [3.63, 3.8) is 0 Å². The van der Waals surface area contributed by atoms with Crippen LogP contribution in [-0.2, 0) is 19.1 Å². The van der Waals surface area contributed by atoms with Gasteiger partial charge in [0.1, 0.15) is 23.7 Å². The molecule has 2 aliphatic carbocycles. The summed E-state index contributed by atoms with van der Waals surface area (Å²) in [5.74, 6) is 1.05. The van der Waals surface area contributed by atoms with Gasteiger partial charge in [0, 0.05) is 12.1 Å².